The van der Waals surface area contributed by atoms with Gasteiger partial charge in [0.05, 0.1) is 6.54 Å². The van der Waals surface area contributed by atoms with Gasteiger partial charge in [-0.15, -0.1) is 24.0 Å². The molecule has 1 aromatic carbocycles. The summed E-state index contributed by atoms with van der Waals surface area (Å²) in [5.74, 6) is 1.12. The van der Waals surface area contributed by atoms with Gasteiger partial charge >= 0.3 is 0 Å². The SMILES string of the molecule is I.NC(=NCc1ccnc(OC2CCCC2)c1)Nc1ccc2c(c1)CCC2. The molecule has 0 radical (unpaired) electrons. The van der Waals surface area contributed by atoms with Gasteiger partial charge in [0, 0.05) is 18.0 Å². The molecule has 0 unspecified atom stereocenters. The highest BCUT2D eigenvalue weighted by molar-refractivity contribution is 14.0. The smallest absolute Gasteiger partial charge is 0.213 e. The summed E-state index contributed by atoms with van der Waals surface area (Å²) in [5.41, 5.74) is 11.0. The second kappa shape index (κ2) is 9.39. The van der Waals surface area contributed by atoms with Crippen molar-refractivity contribution >= 4 is 35.6 Å². The zero-order valence-corrected chi connectivity index (χ0v) is 17.8. The summed E-state index contributed by atoms with van der Waals surface area (Å²) in [6, 6.07) is 10.4. The summed E-state index contributed by atoms with van der Waals surface area (Å²) in [4.78, 5) is 8.77. The summed E-state index contributed by atoms with van der Waals surface area (Å²) >= 11 is 0. The highest BCUT2D eigenvalue weighted by atomic mass is 127. The molecule has 0 spiro atoms. The predicted molar refractivity (Wildman–Crippen MR) is 120 cm³/mol. The number of anilines is 1. The zero-order chi connectivity index (χ0) is 17.8. The third-order valence-corrected chi connectivity index (χ3v) is 5.19. The molecule has 0 atom stereocenters. The highest BCUT2D eigenvalue weighted by Crippen LogP contribution is 2.25. The Morgan fingerprint density at radius 1 is 1.11 bits per heavy atom. The molecule has 5 nitrogen and oxygen atoms in total. The van der Waals surface area contributed by atoms with Crippen LogP contribution in [0, 0.1) is 0 Å². The molecule has 2 aliphatic rings. The molecule has 2 aliphatic carbocycles. The lowest BCUT2D eigenvalue weighted by Crippen LogP contribution is -2.22. The number of guanidine groups is 1. The Kier molecular flexibility index (Phi) is 6.93. The van der Waals surface area contributed by atoms with Crippen molar-refractivity contribution in [2.45, 2.75) is 57.6 Å². The third-order valence-electron chi connectivity index (χ3n) is 5.19. The average molecular weight is 478 g/mol. The molecular weight excluding hydrogens is 451 g/mol. The van der Waals surface area contributed by atoms with Crippen LogP contribution in [0.1, 0.15) is 48.8 Å². The minimum absolute atomic E-state index is 0. The van der Waals surface area contributed by atoms with Crippen LogP contribution in [0.25, 0.3) is 0 Å². The molecule has 1 fully saturated rings. The lowest BCUT2D eigenvalue weighted by molar-refractivity contribution is 0.201. The van der Waals surface area contributed by atoms with Gasteiger partial charge in [-0.1, -0.05) is 6.07 Å². The van der Waals surface area contributed by atoms with Crippen LogP contribution in [0.15, 0.2) is 41.5 Å². The molecule has 1 aromatic heterocycles. The van der Waals surface area contributed by atoms with Crippen LogP contribution < -0.4 is 15.8 Å². The van der Waals surface area contributed by atoms with Gasteiger partial charge in [0.1, 0.15) is 6.10 Å². The van der Waals surface area contributed by atoms with Crippen molar-refractivity contribution < 1.29 is 4.74 Å². The van der Waals surface area contributed by atoms with E-state index in [0.717, 1.165) is 30.5 Å². The summed E-state index contributed by atoms with van der Waals surface area (Å²) in [6.45, 7) is 0.507. The van der Waals surface area contributed by atoms with Gasteiger partial charge < -0.3 is 15.8 Å². The van der Waals surface area contributed by atoms with Crippen LogP contribution in [-0.4, -0.2) is 17.0 Å². The maximum Gasteiger partial charge on any atom is 0.213 e. The average Bonchev–Trinajstić information content (AvgIpc) is 3.31. The van der Waals surface area contributed by atoms with E-state index in [1.54, 1.807) is 6.20 Å². The number of hydrogen-bond donors (Lipinski definition) is 2. The number of nitrogens with zero attached hydrogens (tertiary/aromatic N) is 2. The van der Waals surface area contributed by atoms with E-state index in [4.69, 9.17) is 10.5 Å². The number of fused-ring (bicyclic) bond motifs is 1. The molecule has 3 N–H and O–H groups in total. The third kappa shape index (κ3) is 5.34. The molecule has 0 amide bonds. The monoisotopic (exact) mass is 478 g/mol. The molecular formula is C21H27IN4O. The van der Waals surface area contributed by atoms with E-state index in [0.29, 0.717) is 24.5 Å². The van der Waals surface area contributed by atoms with Crippen molar-refractivity contribution in [3.8, 4) is 5.88 Å². The number of nitrogens with one attached hydrogen (secondary N) is 1. The Hall–Kier alpha value is -1.83. The van der Waals surface area contributed by atoms with Crippen LogP contribution >= 0.6 is 24.0 Å². The van der Waals surface area contributed by atoms with Crippen molar-refractivity contribution in [1.29, 1.82) is 0 Å². The van der Waals surface area contributed by atoms with Gasteiger partial charge in [-0.05, 0) is 79.8 Å². The number of aryl methyl sites for hydroxylation is 2. The number of nitrogens with two attached hydrogens (primary N) is 1. The number of benzene rings is 1. The van der Waals surface area contributed by atoms with Gasteiger partial charge in [0.15, 0.2) is 5.96 Å². The second-order valence-electron chi connectivity index (χ2n) is 7.19. The Morgan fingerprint density at radius 3 is 2.78 bits per heavy atom. The zero-order valence-electron chi connectivity index (χ0n) is 15.5. The minimum atomic E-state index is 0. The van der Waals surface area contributed by atoms with Crippen LogP contribution in [0.3, 0.4) is 0 Å². The molecule has 0 saturated heterocycles. The summed E-state index contributed by atoms with van der Waals surface area (Å²) in [6.07, 6.45) is 10.4. The van der Waals surface area contributed by atoms with Gasteiger partial charge in [0.25, 0.3) is 0 Å². The van der Waals surface area contributed by atoms with Crippen LogP contribution in [-0.2, 0) is 19.4 Å². The van der Waals surface area contributed by atoms with Crippen LogP contribution in [0.4, 0.5) is 5.69 Å². The maximum absolute atomic E-state index is 6.06. The van der Waals surface area contributed by atoms with Crippen molar-refractivity contribution in [2.75, 3.05) is 5.32 Å². The fourth-order valence-corrected chi connectivity index (χ4v) is 3.80. The first-order chi connectivity index (χ1) is 12.8. The van der Waals surface area contributed by atoms with E-state index < -0.39 is 0 Å². The number of pyridine rings is 1. The van der Waals surface area contributed by atoms with Gasteiger partial charge in [-0.2, -0.15) is 0 Å². The maximum atomic E-state index is 6.06. The molecule has 6 heteroatoms. The molecule has 1 saturated carbocycles. The Morgan fingerprint density at radius 2 is 1.93 bits per heavy atom. The molecule has 1 heterocycles. The first-order valence-corrected chi connectivity index (χ1v) is 9.56. The standard InChI is InChI=1S/C21H26N4O.HI/c22-21(25-18-9-8-16-4-3-5-17(16)13-18)24-14-15-10-11-23-20(12-15)26-19-6-1-2-7-19;/h8-13,19H,1-7,14H2,(H3,22,24,25);1H. The number of ether oxygens (including phenoxy) is 1. The highest BCUT2D eigenvalue weighted by Gasteiger charge is 2.17. The number of rotatable bonds is 5. The fraction of sp³-hybridized carbons (Fsp3) is 0.429. The van der Waals surface area contributed by atoms with Crippen LogP contribution in [0.5, 0.6) is 5.88 Å². The van der Waals surface area contributed by atoms with E-state index in [1.807, 2.05) is 12.1 Å². The van der Waals surface area contributed by atoms with Crippen molar-refractivity contribution in [3.05, 3.63) is 53.2 Å². The van der Waals surface area contributed by atoms with Gasteiger partial charge in [-0.25, -0.2) is 9.98 Å². The lowest BCUT2D eigenvalue weighted by Gasteiger charge is -2.12. The second-order valence-corrected chi connectivity index (χ2v) is 7.19. The molecule has 0 aliphatic heterocycles. The molecule has 0 bridgehead atoms. The molecule has 2 aromatic rings. The first kappa shape index (κ1) is 19.9. The number of halogens is 1. The van der Waals surface area contributed by atoms with Gasteiger partial charge in [0.2, 0.25) is 5.88 Å². The molecule has 4 rings (SSSR count). The Balaban J connectivity index is 0.00000210. The van der Waals surface area contributed by atoms with E-state index in [1.165, 1.54) is 36.8 Å². The topological polar surface area (TPSA) is 72.5 Å². The number of aliphatic imine (C=N–C) groups is 1. The van der Waals surface area contributed by atoms with Crippen molar-refractivity contribution in [2.24, 2.45) is 10.7 Å². The predicted octanol–water partition coefficient (Wildman–Crippen LogP) is 4.44. The van der Waals surface area contributed by atoms with E-state index >= 15 is 0 Å². The minimum Gasteiger partial charge on any atom is -0.474 e. The fourth-order valence-electron chi connectivity index (χ4n) is 3.80. The van der Waals surface area contributed by atoms with E-state index in [2.05, 4.69) is 33.5 Å². The Labute approximate surface area is 177 Å². The van der Waals surface area contributed by atoms with Crippen LogP contribution in [0.2, 0.25) is 0 Å². The molecule has 144 valence electrons. The Bertz CT molecular complexity index is 803. The summed E-state index contributed by atoms with van der Waals surface area (Å²) < 4.78 is 5.95. The summed E-state index contributed by atoms with van der Waals surface area (Å²) in [5, 5.41) is 3.20. The van der Waals surface area contributed by atoms with E-state index in [9.17, 15) is 0 Å². The number of hydrogen-bond acceptors (Lipinski definition) is 3. The lowest BCUT2D eigenvalue weighted by atomic mass is 10.1. The molecule has 27 heavy (non-hydrogen) atoms. The van der Waals surface area contributed by atoms with Crippen molar-refractivity contribution in [3.63, 3.8) is 0 Å². The quantitative estimate of drug-likeness (QED) is 0.379. The first-order valence-electron chi connectivity index (χ1n) is 9.56. The summed E-state index contributed by atoms with van der Waals surface area (Å²) in [7, 11) is 0. The largest absolute Gasteiger partial charge is 0.474 e. The van der Waals surface area contributed by atoms with Crippen molar-refractivity contribution in [1.82, 2.24) is 4.98 Å². The number of aromatic nitrogens is 1. The van der Waals surface area contributed by atoms with Gasteiger partial charge in [-0.3, -0.25) is 0 Å². The normalized spacial score (nSPS) is 16.7. The van der Waals surface area contributed by atoms with E-state index in [-0.39, 0.29) is 24.0 Å².